The van der Waals surface area contributed by atoms with Crippen LogP contribution in [0.15, 0.2) is 23.8 Å². The van der Waals surface area contributed by atoms with Gasteiger partial charge in [-0.05, 0) is 42.5 Å². The molecule has 126 valence electrons. The number of amides is 1. The first-order chi connectivity index (χ1) is 11.7. The number of nitriles is 1. The fourth-order valence-electron chi connectivity index (χ4n) is 3.24. The highest BCUT2D eigenvalue weighted by molar-refractivity contribution is 6.01. The van der Waals surface area contributed by atoms with Crippen LogP contribution in [0.25, 0.3) is 6.08 Å². The van der Waals surface area contributed by atoms with Gasteiger partial charge in [0.05, 0.1) is 0 Å². The molecule has 1 fully saturated rings. The summed E-state index contributed by atoms with van der Waals surface area (Å²) in [6, 6.07) is 7.58. The quantitative estimate of drug-likeness (QED) is 0.684. The molecule has 1 amide bonds. The Balaban J connectivity index is 1.74. The van der Waals surface area contributed by atoms with E-state index in [2.05, 4.69) is 12.2 Å². The van der Waals surface area contributed by atoms with Gasteiger partial charge in [-0.1, -0.05) is 25.8 Å². The van der Waals surface area contributed by atoms with Gasteiger partial charge in [-0.2, -0.15) is 5.26 Å². The summed E-state index contributed by atoms with van der Waals surface area (Å²) in [4.78, 5) is 12.4. The Bertz CT molecular complexity index is 690. The minimum absolute atomic E-state index is 0.115. The van der Waals surface area contributed by atoms with Gasteiger partial charge in [-0.25, -0.2) is 0 Å². The van der Waals surface area contributed by atoms with Crippen LogP contribution in [0.1, 0.15) is 38.2 Å². The standard InChI is InChI=1S/C19H22N2O3/c1-13-4-2-3-5-16(13)21-19(22)15(12-20)10-14-6-7-17-18(11-14)24-9-8-23-17/h6-7,10-11,13,16H,2-5,8-9H2,1H3,(H,21,22)/b15-10+/t13-,16-/m1/s1. The lowest BCUT2D eigenvalue weighted by Gasteiger charge is -2.29. The lowest BCUT2D eigenvalue weighted by molar-refractivity contribution is -0.118. The SMILES string of the molecule is C[C@@H]1CCCC[C@H]1NC(=O)/C(C#N)=C/c1ccc2c(c1)OCCO2. The third kappa shape index (κ3) is 3.70. The number of fused-ring (bicyclic) bond motifs is 1. The smallest absolute Gasteiger partial charge is 0.262 e. The molecule has 1 aromatic rings. The number of rotatable bonds is 3. The fraction of sp³-hybridized carbons (Fsp3) is 0.474. The zero-order chi connectivity index (χ0) is 16.9. The first-order valence-electron chi connectivity index (χ1n) is 8.49. The van der Waals surface area contributed by atoms with Gasteiger partial charge in [0.15, 0.2) is 11.5 Å². The van der Waals surface area contributed by atoms with E-state index in [0.717, 1.165) is 24.8 Å². The van der Waals surface area contributed by atoms with Crippen molar-refractivity contribution in [3.8, 4) is 17.6 Å². The van der Waals surface area contributed by atoms with Gasteiger partial charge >= 0.3 is 0 Å². The Hall–Kier alpha value is -2.48. The van der Waals surface area contributed by atoms with Crippen molar-refractivity contribution in [2.24, 2.45) is 5.92 Å². The predicted octanol–water partition coefficient (Wildman–Crippen LogP) is 3.06. The van der Waals surface area contributed by atoms with E-state index in [-0.39, 0.29) is 17.5 Å². The van der Waals surface area contributed by atoms with Gasteiger partial charge in [-0.3, -0.25) is 4.79 Å². The molecule has 0 spiro atoms. The highest BCUT2D eigenvalue weighted by Gasteiger charge is 2.24. The van der Waals surface area contributed by atoms with Gasteiger partial charge in [0.1, 0.15) is 24.9 Å². The zero-order valence-corrected chi connectivity index (χ0v) is 13.9. The van der Waals surface area contributed by atoms with E-state index in [9.17, 15) is 10.1 Å². The second kappa shape index (κ2) is 7.39. The number of nitrogens with one attached hydrogen (secondary N) is 1. The average Bonchev–Trinajstić information content (AvgIpc) is 2.61. The molecule has 1 aromatic carbocycles. The van der Waals surface area contributed by atoms with Gasteiger partial charge in [0, 0.05) is 6.04 Å². The van der Waals surface area contributed by atoms with E-state index in [1.165, 1.54) is 6.42 Å². The lowest BCUT2D eigenvalue weighted by Crippen LogP contribution is -2.41. The molecule has 0 aromatic heterocycles. The van der Waals surface area contributed by atoms with Crippen molar-refractivity contribution in [3.63, 3.8) is 0 Å². The van der Waals surface area contributed by atoms with Crippen LogP contribution in [-0.4, -0.2) is 25.2 Å². The van der Waals surface area contributed by atoms with Crippen molar-refractivity contribution >= 4 is 12.0 Å². The van der Waals surface area contributed by atoms with Gasteiger partial charge < -0.3 is 14.8 Å². The second-order valence-electron chi connectivity index (χ2n) is 6.41. The number of ether oxygens (including phenoxy) is 2. The summed E-state index contributed by atoms with van der Waals surface area (Å²) in [7, 11) is 0. The maximum absolute atomic E-state index is 12.4. The van der Waals surface area contributed by atoms with Gasteiger partial charge in [0.25, 0.3) is 5.91 Å². The molecule has 2 atom stereocenters. The maximum Gasteiger partial charge on any atom is 0.262 e. The summed E-state index contributed by atoms with van der Waals surface area (Å²) in [5, 5.41) is 12.4. The van der Waals surface area contributed by atoms with Crippen molar-refractivity contribution in [2.75, 3.05) is 13.2 Å². The average molecular weight is 326 g/mol. The van der Waals surface area contributed by atoms with Crippen LogP contribution < -0.4 is 14.8 Å². The topological polar surface area (TPSA) is 71.4 Å². The molecule has 1 heterocycles. The molecule has 1 aliphatic heterocycles. The van der Waals surface area contributed by atoms with Crippen LogP contribution in [0.2, 0.25) is 0 Å². The molecule has 0 saturated heterocycles. The van der Waals surface area contributed by atoms with E-state index in [1.807, 2.05) is 12.1 Å². The van der Waals surface area contributed by atoms with Crippen LogP contribution >= 0.6 is 0 Å². The second-order valence-corrected chi connectivity index (χ2v) is 6.41. The number of hydrogen-bond donors (Lipinski definition) is 1. The summed E-state index contributed by atoms with van der Waals surface area (Å²) < 4.78 is 11.0. The van der Waals surface area contributed by atoms with Crippen LogP contribution in [-0.2, 0) is 4.79 Å². The normalized spacial score (nSPS) is 23.2. The van der Waals surface area contributed by atoms with Crippen molar-refractivity contribution in [1.29, 1.82) is 5.26 Å². The summed E-state index contributed by atoms with van der Waals surface area (Å²) in [5.74, 6) is 1.49. The molecular formula is C19H22N2O3. The molecule has 1 aliphatic carbocycles. The Labute approximate surface area is 142 Å². The summed E-state index contributed by atoms with van der Waals surface area (Å²) in [6.07, 6.45) is 6.05. The largest absolute Gasteiger partial charge is 0.486 e. The highest BCUT2D eigenvalue weighted by Crippen LogP contribution is 2.31. The minimum atomic E-state index is -0.300. The number of carbonyl (C=O) groups is 1. The van der Waals surface area contributed by atoms with E-state index in [1.54, 1.807) is 18.2 Å². The number of carbonyl (C=O) groups excluding carboxylic acids is 1. The molecule has 24 heavy (non-hydrogen) atoms. The van der Waals surface area contributed by atoms with E-state index < -0.39 is 0 Å². The summed E-state index contributed by atoms with van der Waals surface area (Å²) >= 11 is 0. The van der Waals surface area contributed by atoms with Crippen molar-refractivity contribution in [3.05, 3.63) is 29.3 Å². The number of benzene rings is 1. The first kappa shape index (κ1) is 16.4. The first-order valence-corrected chi connectivity index (χ1v) is 8.49. The van der Waals surface area contributed by atoms with E-state index in [4.69, 9.17) is 9.47 Å². The monoisotopic (exact) mass is 326 g/mol. The molecule has 1 N–H and O–H groups in total. The third-order valence-electron chi connectivity index (χ3n) is 4.67. The van der Waals surface area contributed by atoms with Gasteiger partial charge in [0.2, 0.25) is 0 Å². The van der Waals surface area contributed by atoms with Gasteiger partial charge in [-0.15, -0.1) is 0 Å². The Morgan fingerprint density at radius 3 is 2.75 bits per heavy atom. The predicted molar refractivity (Wildman–Crippen MR) is 90.6 cm³/mol. The molecule has 2 aliphatic rings. The molecule has 5 heteroatoms. The number of nitrogens with zero attached hydrogens (tertiary/aromatic N) is 1. The van der Waals surface area contributed by atoms with Crippen LogP contribution in [0.3, 0.4) is 0 Å². The molecule has 1 saturated carbocycles. The summed E-state index contributed by atoms with van der Waals surface area (Å²) in [5.41, 5.74) is 0.868. The van der Waals surface area contributed by atoms with E-state index >= 15 is 0 Å². The Morgan fingerprint density at radius 1 is 1.25 bits per heavy atom. The lowest BCUT2D eigenvalue weighted by atomic mass is 9.86. The minimum Gasteiger partial charge on any atom is -0.486 e. The molecule has 0 bridgehead atoms. The van der Waals surface area contributed by atoms with Crippen LogP contribution in [0.4, 0.5) is 0 Å². The third-order valence-corrected chi connectivity index (χ3v) is 4.67. The molecule has 3 rings (SSSR count). The molecule has 0 unspecified atom stereocenters. The molecule has 5 nitrogen and oxygen atoms in total. The molecular weight excluding hydrogens is 304 g/mol. The van der Waals surface area contributed by atoms with Crippen molar-refractivity contribution in [1.82, 2.24) is 5.32 Å². The Kier molecular flexibility index (Phi) is 5.05. The zero-order valence-electron chi connectivity index (χ0n) is 13.9. The van der Waals surface area contributed by atoms with Crippen LogP contribution in [0, 0.1) is 17.2 Å². The fourth-order valence-corrected chi connectivity index (χ4v) is 3.24. The summed E-state index contributed by atoms with van der Waals surface area (Å²) in [6.45, 7) is 3.19. The number of hydrogen-bond acceptors (Lipinski definition) is 4. The maximum atomic E-state index is 12.4. The molecule has 0 radical (unpaired) electrons. The highest BCUT2D eigenvalue weighted by atomic mass is 16.6. The van der Waals surface area contributed by atoms with Crippen molar-refractivity contribution in [2.45, 2.75) is 38.6 Å². The van der Waals surface area contributed by atoms with Crippen LogP contribution in [0.5, 0.6) is 11.5 Å². The van der Waals surface area contributed by atoms with Crippen molar-refractivity contribution < 1.29 is 14.3 Å². The van der Waals surface area contributed by atoms with E-state index in [0.29, 0.717) is 30.6 Å². The Morgan fingerprint density at radius 2 is 2.00 bits per heavy atom.